The van der Waals surface area contributed by atoms with Crippen molar-refractivity contribution in [3.8, 4) is 0 Å². The van der Waals surface area contributed by atoms with Crippen LogP contribution in [-0.2, 0) is 19.1 Å². The first-order chi connectivity index (χ1) is 12.9. The van der Waals surface area contributed by atoms with Crippen molar-refractivity contribution in [1.82, 2.24) is 4.90 Å². The fourth-order valence-corrected chi connectivity index (χ4v) is 3.87. The van der Waals surface area contributed by atoms with Crippen molar-refractivity contribution in [2.45, 2.75) is 45.1 Å². The first-order valence-electron chi connectivity index (χ1n) is 9.17. The number of esters is 1. The largest absolute Gasteiger partial charge is 0.458 e. The van der Waals surface area contributed by atoms with E-state index in [0.29, 0.717) is 5.56 Å². The van der Waals surface area contributed by atoms with Crippen LogP contribution in [0.4, 0.5) is 5.69 Å². The topological polar surface area (TPSA) is 107 Å². The zero-order valence-corrected chi connectivity index (χ0v) is 15.1. The molecule has 2 fully saturated rings. The summed E-state index contributed by atoms with van der Waals surface area (Å²) in [5.74, 6) is -1.37. The van der Waals surface area contributed by atoms with Crippen LogP contribution >= 0.6 is 0 Å². The Bertz CT molecular complexity index is 753. The smallest absolute Gasteiger partial charge is 0.308 e. The number of non-ortho nitro benzene ring substituents is 1. The van der Waals surface area contributed by atoms with Gasteiger partial charge in [-0.1, -0.05) is 25.0 Å². The number of carbonyl (C=O) groups excluding carboxylic acids is 3. The van der Waals surface area contributed by atoms with Crippen LogP contribution in [0.5, 0.6) is 0 Å². The van der Waals surface area contributed by atoms with Gasteiger partial charge in [-0.15, -0.1) is 0 Å². The van der Waals surface area contributed by atoms with Gasteiger partial charge in [0.1, 0.15) is 6.10 Å². The Morgan fingerprint density at radius 3 is 2.48 bits per heavy atom. The molecule has 1 aromatic carbocycles. The number of hydrogen-bond donors (Lipinski definition) is 0. The second-order valence-electron chi connectivity index (χ2n) is 7.06. The quantitative estimate of drug-likeness (QED) is 0.328. The average molecular weight is 374 g/mol. The zero-order chi connectivity index (χ0) is 19.6. The van der Waals surface area contributed by atoms with Crippen LogP contribution in [0.25, 0.3) is 0 Å². The van der Waals surface area contributed by atoms with Gasteiger partial charge < -0.3 is 4.74 Å². The summed E-state index contributed by atoms with van der Waals surface area (Å²) in [6.07, 6.45) is 2.63. The number of likely N-dealkylation sites (tertiary alicyclic amines) is 1. The molecule has 0 spiro atoms. The molecule has 3 rings (SSSR count). The Hall–Kier alpha value is -2.77. The number of carbonyl (C=O) groups is 3. The molecule has 0 unspecified atom stereocenters. The lowest BCUT2D eigenvalue weighted by molar-refractivity contribution is -0.385. The third-order valence-electron chi connectivity index (χ3n) is 5.33. The first kappa shape index (κ1) is 19.0. The van der Waals surface area contributed by atoms with Crippen molar-refractivity contribution >= 4 is 23.5 Å². The number of nitro benzene ring substituents is 1. The average Bonchev–Trinajstić information content (AvgIpc) is 2.91. The Morgan fingerprint density at radius 2 is 1.89 bits per heavy atom. The minimum atomic E-state index is -0.662. The van der Waals surface area contributed by atoms with E-state index in [9.17, 15) is 24.5 Å². The van der Waals surface area contributed by atoms with E-state index in [1.165, 1.54) is 23.1 Å². The van der Waals surface area contributed by atoms with Crippen molar-refractivity contribution in [1.29, 1.82) is 0 Å². The molecule has 0 radical (unpaired) electrons. The maximum Gasteiger partial charge on any atom is 0.308 e. The molecule has 144 valence electrons. The molecule has 1 saturated heterocycles. The monoisotopic (exact) mass is 374 g/mol. The highest BCUT2D eigenvalue weighted by atomic mass is 16.6. The van der Waals surface area contributed by atoms with Gasteiger partial charge in [0.2, 0.25) is 11.8 Å². The Balaban J connectivity index is 1.55. The number of ether oxygens (including phenoxy) is 1. The van der Waals surface area contributed by atoms with E-state index in [-0.39, 0.29) is 42.3 Å². The molecular formula is C19H22N2O6. The number of hydrogen-bond acceptors (Lipinski definition) is 6. The van der Waals surface area contributed by atoms with Gasteiger partial charge in [0, 0.05) is 18.7 Å². The number of fused-ring (bicyclic) bond motifs is 1. The zero-order valence-electron chi connectivity index (χ0n) is 15.1. The van der Waals surface area contributed by atoms with Gasteiger partial charge in [0.25, 0.3) is 5.69 Å². The van der Waals surface area contributed by atoms with Gasteiger partial charge in [0.05, 0.1) is 23.2 Å². The lowest BCUT2D eigenvalue weighted by Crippen LogP contribution is -2.33. The molecule has 1 aromatic rings. The van der Waals surface area contributed by atoms with Crippen LogP contribution in [0, 0.1) is 22.0 Å². The fraction of sp³-hybridized carbons (Fsp3) is 0.526. The fourth-order valence-electron chi connectivity index (χ4n) is 3.87. The predicted molar refractivity (Wildman–Crippen MR) is 94.4 cm³/mol. The van der Waals surface area contributed by atoms with Crippen LogP contribution in [0.1, 0.15) is 50.7 Å². The number of benzene rings is 1. The van der Waals surface area contributed by atoms with Gasteiger partial charge in [-0.3, -0.25) is 29.4 Å². The summed E-state index contributed by atoms with van der Waals surface area (Å²) >= 11 is 0. The summed E-state index contributed by atoms with van der Waals surface area (Å²) < 4.78 is 5.31. The summed E-state index contributed by atoms with van der Waals surface area (Å²) in [5, 5.41) is 10.8. The van der Waals surface area contributed by atoms with E-state index in [2.05, 4.69) is 0 Å². The van der Waals surface area contributed by atoms with Crippen LogP contribution in [0.2, 0.25) is 0 Å². The molecule has 3 atom stereocenters. The van der Waals surface area contributed by atoms with E-state index in [0.717, 1.165) is 25.7 Å². The van der Waals surface area contributed by atoms with Crippen molar-refractivity contribution in [3.05, 3.63) is 39.9 Å². The summed E-state index contributed by atoms with van der Waals surface area (Å²) in [6.45, 7) is 1.64. The number of nitro groups is 1. The summed E-state index contributed by atoms with van der Waals surface area (Å²) in [4.78, 5) is 48.4. The molecule has 8 nitrogen and oxygen atoms in total. The Labute approximate surface area is 156 Å². The van der Waals surface area contributed by atoms with E-state index in [1.807, 2.05) is 0 Å². The van der Waals surface area contributed by atoms with Crippen LogP contribution < -0.4 is 0 Å². The van der Waals surface area contributed by atoms with E-state index in [4.69, 9.17) is 4.74 Å². The molecule has 27 heavy (non-hydrogen) atoms. The highest BCUT2D eigenvalue weighted by Gasteiger charge is 2.47. The molecule has 2 amide bonds. The molecule has 1 heterocycles. The van der Waals surface area contributed by atoms with Crippen LogP contribution in [0.3, 0.4) is 0 Å². The Kier molecular flexibility index (Phi) is 5.53. The van der Waals surface area contributed by atoms with Gasteiger partial charge >= 0.3 is 5.97 Å². The molecule has 1 aliphatic heterocycles. The maximum atomic E-state index is 12.4. The predicted octanol–water partition coefficient (Wildman–Crippen LogP) is 2.76. The standard InChI is InChI=1S/C19H22N2O6/c1-12(13-5-4-6-14(11-13)21(25)26)27-17(22)9-10-20-18(23)15-7-2-3-8-16(15)19(20)24/h4-6,11-12,15-16H,2-3,7-10H2,1H3/t12-,15-,16+/m0/s1. The first-order valence-corrected chi connectivity index (χ1v) is 9.17. The molecular weight excluding hydrogens is 352 g/mol. The van der Waals surface area contributed by atoms with Gasteiger partial charge in [0.15, 0.2) is 0 Å². The second kappa shape index (κ2) is 7.85. The van der Waals surface area contributed by atoms with Crippen molar-refractivity contribution in [2.75, 3.05) is 6.54 Å². The third kappa shape index (κ3) is 3.99. The van der Waals surface area contributed by atoms with Gasteiger partial charge in [-0.2, -0.15) is 0 Å². The SMILES string of the molecule is C[C@H](OC(=O)CCN1C(=O)[C@H]2CCCC[C@H]2C1=O)c1cccc([N+](=O)[O-])c1. The second-order valence-corrected chi connectivity index (χ2v) is 7.06. The van der Waals surface area contributed by atoms with Crippen LogP contribution in [-0.4, -0.2) is 34.2 Å². The lowest BCUT2D eigenvalue weighted by atomic mass is 9.81. The Morgan fingerprint density at radius 1 is 1.26 bits per heavy atom. The molecule has 0 bridgehead atoms. The summed E-state index contributed by atoms with van der Waals surface area (Å²) in [6, 6.07) is 5.89. The minimum absolute atomic E-state index is 0.0190. The number of imide groups is 1. The van der Waals surface area contributed by atoms with Crippen LogP contribution in [0.15, 0.2) is 24.3 Å². The normalized spacial score (nSPS) is 23.1. The summed E-state index contributed by atoms with van der Waals surface area (Å²) in [5.41, 5.74) is 0.433. The molecule has 0 N–H and O–H groups in total. The van der Waals surface area contributed by atoms with Crippen molar-refractivity contribution < 1.29 is 24.0 Å². The third-order valence-corrected chi connectivity index (χ3v) is 5.33. The van der Waals surface area contributed by atoms with E-state index in [1.54, 1.807) is 13.0 Å². The highest BCUT2D eigenvalue weighted by Crippen LogP contribution is 2.38. The summed E-state index contributed by atoms with van der Waals surface area (Å²) in [7, 11) is 0. The van der Waals surface area contributed by atoms with E-state index < -0.39 is 17.0 Å². The number of nitrogens with zero attached hydrogens (tertiary/aromatic N) is 2. The van der Waals surface area contributed by atoms with Gasteiger partial charge in [-0.05, 0) is 25.3 Å². The molecule has 2 aliphatic rings. The molecule has 8 heteroatoms. The maximum absolute atomic E-state index is 12.4. The molecule has 1 saturated carbocycles. The molecule has 0 aromatic heterocycles. The minimum Gasteiger partial charge on any atom is -0.458 e. The highest BCUT2D eigenvalue weighted by molar-refractivity contribution is 6.05. The van der Waals surface area contributed by atoms with Crippen molar-refractivity contribution in [3.63, 3.8) is 0 Å². The number of rotatable bonds is 6. The number of amides is 2. The van der Waals surface area contributed by atoms with Crippen molar-refractivity contribution in [2.24, 2.45) is 11.8 Å². The van der Waals surface area contributed by atoms with Gasteiger partial charge in [-0.25, -0.2) is 0 Å². The lowest BCUT2D eigenvalue weighted by Gasteiger charge is -2.19. The van der Waals surface area contributed by atoms with E-state index >= 15 is 0 Å². The molecule has 1 aliphatic carbocycles.